The molecule has 2 aromatic carbocycles. The lowest BCUT2D eigenvalue weighted by Gasteiger charge is -2.07. The van der Waals surface area contributed by atoms with Gasteiger partial charge in [0.05, 0.1) is 17.9 Å². The molecule has 2 aromatic rings. The van der Waals surface area contributed by atoms with Crippen molar-refractivity contribution in [2.75, 3.05) is 17.7 Å². The highest BCUT2D eigenvalue weighted by Crippen LogP contribution is 2.17. The molecule has 0 unspecified atom stereocenters. The first-order chi connectivity index (χ1) is 12.0. The molecule has 5 heteroatoms. The molecule has 0 heterocycles. The van der Waals surface area contributed by atoms with Crippen LogP contribution in [0.4, 0.5) is 5.69 Å². The van der Waals surface area contributed by atoms with E-state index in [0.717, 1.165) is 5.75 Å². The summed E-state index contributed by atoms with van der Waals surface area (Å²) in [6.45, 7) is 6.26. The predicted molar refractivity (Wildman–Crippen MR) is 103 cm³/mol. The number of rotatable bonds is 7. The maximum absolute atomic E-state index is 12.0. The number of aryl methyl sites for hydroxylation is 2. The van der Waals surface area contributed by atoms with Gasteiger partial charge in [-0.25, -0.2) is 4.79 Å². The summed E-state index contributed by atoms with van der Waals surface area (Å²) in [5, 5.41) is 2.84. The van der Waals surface area contributed by atoms with Gasteiger partial charge in [0.15, 0.2) is 0 Å². The van der Waals surface area contributed by atoms with Crippen molar-refractivity contribution in [1.29, 1.82) is 0 Å². The lowest BCUT2D eigenvalue weighted by molar-refractivity contribution is -0.113. The van der Waals surface area contributed by atoms with Crippen LogP contribution in [0.2, 0.25) is 0 Å². The van der Waals surface area contributed by atoms with Gasteiger partial charge in [-0.2, -0.15) is 0 Å². The van der Waals surface area contributed by atoms with E-state index in [-0.39, 0.29) is 11.9 Å². The predicted octanol–water partition coefficient (Wildman–Crippen LogP) is 4.35. The minimum Gasteiger partial charge on any atom is -0.462 e. The van der Waals surface area contributed by atoms with Crippen molar-refractivity contribution in [3.05, 3.63) is 64.7 Å². The highest BCUT2D eigenvalue weighted by Gasteiger charge is 2.07. The third kappa shape index (κ3) is 6.27. The van der Waals surface area contributed by atoms with Gasteiger partial charge < -0.3 is 10.1 Å². The van der Waals surface area contributed by atoms with Gasteiger partial charge in [-0.05, 0) is 50.6 Å². The van der Waals surface area contributed by atoms with E-state index in [2.05, 4.69) is 37.4 Å². The summed E-state index contributed by atoms with van der Waals surface area (Å²) >= 11 is 1.58. The first-order valence-electron chi connectivity index (χ1n) is 8.20. The second kappa shape index (κ2) is 9.28. The van der Waals surface area contributed by atoms with Crippen LogP contribution in [0, 0.1) is 13.8 Å². The average molecular weight is 357 g/mol. The van der Waals surface area contributed by atoms with Crippen molar-refractivity contribution in [3.8, 4) is 0 Å². The lowest BCUT2D eigenvalue weighted by Crippen LogP contribution is -2.14. The average Bonchev–Trinajstić information content (AvgIpc) is 2.55. The molecule has 132 valence electrons. The van der Waals surface area contributed by atoms with Crippen molar-refractivity contribution in [3.63, 3.8) is 0 Å². The van der Waals surface area contributed by atoms with E-state index in [9.17, 15) is 9.59 Å². The van der Waals surface area contributed by atoms with Crippen LogP contribution in [0.3, 0.4) is 0 Å². The Bertz CT molecular complexity index is 721. The SMILES string of the molecule is CCOC(=O)c1ccc(NC(=O)CSCc2cc(C)cc(C)c2)cc1. The number of nitrogens with one attached hydrogen (secondary N) is 1. The molecule has 25 heavy (non-hydrogen) atoms. The zero-order valence-corrected chi connectivity index (χ0v) is 15.6. The zero-order chi connectivity index (χ0) is 18.2. The first kappa shape index (κ1) is 19.1. The minimum atomic E-state index is -0.357. The smallest absolute Gasteiger partial charge is 0.338 e. The monoisotopic (exact) mass is 357 g/mol. The fourth-order valence-electron chi connectivity index (χ4n) is 2.52. The number of benzene rings is 2. The number of carbonyl (C=O) groups is 2. The van der Waals surface area contributed by atoms with Crippen LogP contribution >= 0.6 is 11.8 Å². The van der Waals surface area contributed by atoms with Gasteiger partial charge in [-0.3, -0.25) is 4.79 Å². The Hall–Kier alpha value is -2.27. The molecule has 4 nitrogen and oxygen atoms in total. The summed E-state index contributed by atoms with van der Waals surface area (Å²) in [6, 6.07) is 13.1. The van der Waals surface area contributed by atoms with Crippen LogP contribution in [-0.4, -0.2) is 24.2 Å². The highest BCUT2D eigenvalue weighted by molar-refractivity contribution is 7.99. The third-order valence-electron chi connectivity index (χ3n) is 3.46. The summed E-state index contributed by atoms with van der Waals surface area (Å²) in [5.74, 6) is 0.771. The topological polar surface area (TPSA) is 55.4 Å². The van der Waals surface area contributed by atoms with E-state index in [1.165, 1.54) is 16.7 Å². The van der Waals surface area contributed by atoms with E-state index >= 15 is 0 Å². The molecule has 0 aliphatic carbocycles. The van der Waals surface area contributed by atoms with Crippen LogP contribution in [0.15, 0.2) is 42.5 Å². The fourth-order valence-corrected chi connectivity index (χ4v) is 3.28. The Balaban J connectivity index is 1.81. The fraction of sp³-hybridized carbons (Fsp3) is 0.300. The maximum atomic E-state index is 12.0. The molecule has 0 spiro atoms. The van der Waals surface area contributed by atoms with Crippen LogP contribution in [0.25, 0.3) is 0 Å². The Morgan fingerprint density at radius 1 is 1.04 bits per heavy atom. The minimum absolute atomic E-state index is 0.0572. The summed E-state index contributed by atoms with van der Waals surface area (Å²) in [6.07, 6.45) is 0. The number of thioether (sulfide) groups is 1. The van der Waals surface area contributed by atoms with E-state index in [0.29, 0.717) is 23.6 Å². The van der Waals surface area contributed by atoms with E-state index in [1.54, 1.807) is 43.0 Å². The van der Waals surface area contributed by atoms with Gasteiger partial charge in [0.2, 0.25) is 5.91 Å². The molecule has 0 atom stereocenters. The number of carbonyl (C=O) groups excluding carboxylic acids is 2. The Labute approximate surface area is 153 Å². The number of esters is 1. The highest BCUT2D eigenvalue weighted by atomic mass is 32.2. The molecule has 1 N–H and O–H groups in total. The summed E-state index contributed by atoms with van der Waals surface area (Å²) in [4.78, 5) is 23.6. The van der Waals surface area contributed by atoms with Gasteiger partial charge in [0.25, 0.3) is 0 Å². The molecular weight excluding hydrogens is 334 g/mol. The van der Waals surface area contributed by atoms with Crippen LogP contribution < -0.4 is 5.32 Å². The molecule has 0 saturated carbocycles. The summed E-state index contributed by atoms with van der Waals surface area (Å²) < 4.78 is 4.93. The number of amides is 1. The second-order valence-corrected chi connectivity index (χ2v) is 6.82. The first-order valence-corrected chi connectivity index (χ1v) is 9.35. The summed E-state index contributed by atoms with van der Waals surface area (Å²) in [5.41, 5.74) is 4.85. The van der Waals surface area contributed by atoms with Gasteiger partial charge in [-0.15, -0.1) is 11.8 Å². The standard InChI is InChI=1S/C20H23NO3S/c1-4-24-20(23)17-5-7-18(8-6-17)21-19(22)13-25-12-16-10-14(2)9-15(3)11-16/h5-11H,4,12-13H2,1-3H3,(H,21,22). The quantitative estimate of drug-likeness (QED) is 0.749. The van der Waals surface area contributed by atoms with Crippen molar-refractivity contribution in [2.24, 2.45) is 0 Å². The van der Waals surface area contributed by atoms with E-state index in [1.807, 2.05) is 0 Å². The maximum Gasteiger partial charge on any atom is 0.338 e. The normalized spacial score (nSPS) is 10.4. The van der Waals surface area contributed by atoms with Crippen LogP contribution in [0.1, 0.15) is 34.0 Å². The third-order valence-corrected chi connectivity index (χ3v) is 4.47. The molecule has 0 fully saturated rings. The van der Waals surface area contributed by atoms with Crippen molar-refractivity contribution in [1.82, 2.24) is 0 Å². The zero-order valence-electron chi connectivity index (χ0n) is 14.8. The molecule has 0 aromatic heterocycles. The van der Waals surface area contributed by atoms with E-state index in [4.69, 9.17) is 4.74 Å². The largest absolute Gasteiger partial charge is 0.462 e. The van der Waals surface area contributed by atoms with Crippen LogP contribution in [0.5, 0.6) is 0 Å². The van der Waals surface area contributed by atoms with E-state index < -0.39 is 0 Å². The van der Waals surface area contributed by atoms with Crippen molar-refractivity contribution >= 4 is 29.3 Å². The second-order valence-electron chi connectivity index (χ2n) is 5.83. The molecule has 0 bridgehead atoms. The number of hydrogen-bond acceptors (Lipinski definition) is 4. The Kier molecular flexibility index (Phi) is 7.07. The molecule has 1 amide bonds. The van der Waals surface area contributed by atoms with Gasteiger partial charge in [-0.1, -0.05) is 29.3 Å². The van der Waals surface area contributed by atoms with Crippen molar-refractivity contribution < 1.29 is 14.3 Å². The Morgan fingerprint density at radius 2 is 1.68 bits per heavy atom. The molecule has 0 aliphatic heterocycles. The van der Waals surface area contributed by atoms with Gasteiger partial charge >= 0.3 is 5.97 Å². The molecule has 0 radical (unpaired) electrons. The molecule has 2 rings (SSSR count). The number of hydrogen-bond donors (Lipinski definition) is 1. The van der Waals surface area contributed by atoms with Crippen molar-refractivity contribution in [2.45, 2.75) is 26.5 Å². The van der Waals surface area contributed by atoms with Gasteiger partial charge in [0.1, 0.15) is 0 Å². The molecule has 0 saturated heterocycles. The van der Waals surface area contributed by atoms with Crippen LogP contribution in [-0.2, 0) is 15.3 Å². The Morgan fingerprint density at radius 3 is 2.28 bits per heavy atom. The molecule has 0 aliphatic rings. The lowest BCUT2D eigenvalue weighted by atomic mass is 10.1. The number of ether oxygens (including phenoxy) is 1. The summed E-state index contributed by atoms with van der Waals surface area (Å²) in [7, 11) is 0. The molecular formula is C20H23NO3S. The van der Waals surface area contributed by atoms with Gasteiger partial charge in [0, 0.05) is 11.4 Å². The number of anilines is 1.